The number of nitrogens with one attached hydrogen (secondary N) is 1. The highest BCUT2D eigenvalue weighted by atomic mass is 16.5. The number of ether oxygens (including phenoxy) is 2. The van der Waals surface area contributed by atoms with Crippen LogP contribution >= 0.6 is 0 Å². The standard InChI is InChI=1S/C22H23N3O4/c1-4-9-16-12-15(13-19(28-5-2)20(16)29-6-3)14-23-25-21(26)17-10-7-8-11-18(17)24-22(25)27/h4,7-8,10-14H,1,5-6,9H2,2-3H3,(H,24,27). The van der Waals surface area contributed by atoms with E-state index in [0.29, 0.717) is 47.6 Å². The molecule has 0 amide bonds. The second-order valence-electron chi connectivity index (χ2n) is 6.20. The van der Waals surface area contributed by atoms with Crippen LogP contribution in [0.3, 0.4) is 0 Å². The number of fused-ring (bicyclic) bond motifs is 1. The van der Waals surface area contributed by atoms with Crippen LogP contribution in [0, 0.1) is 0 Å². The van der Waals surface area contributed by atoms with Crippen molar-refractivity contribution in [1.29, 1.82) is 0 Å². The lowest BCUT2D eigenvalue weighted by Gasteiger charge is -2.15. The van der Waals surface area contributed by atoms with E-state index < -0.39 is 11.2 Å². The lowest BCUT2D eigenvalue weighted by Crippen LogP contribution is -2.32. The van der Waals surface area contributed by atoms with Crippen molar-refractivity contribution in [3.63, 3.8) is 0 Å². The van der Waals surface area contributed by atoms with Gasteiger partial charge in [-0.2, -0.15) is 5.10 Å². The molecule has 0 aliphatic carbocycles. The van der Waals surface area contributed by atoms with Crippen LogP contribution in [-0.2, 0) is 6.42 Å². The number of aromatic nitrogens is 2. The Morgan fingerprint density at radius 1 is 1.14 bits per heavy atom. The summed E-state index contributed by atoms with van der Waals surface area (Å²) >= 11 is 0. The van der Waals surface area contributed by atoms with Gasteiger partial charge in [0.25, 0.3) is 5.56 Å². The average Bonchev–Trinajstić information content (AvgIpc) is 2.70. The Bertz CT molecular complexity index is 1170. The minimum absolute atomic E-state index is 0.387. The third kappa shape index (κ3) is 4.29. The number of H-pyrrole nitrogens is 1. The van der Waals surface area contributed by atoms with Gasteiger partial charge in [-0.3, -0.25) is 4.79 Å². The number of rotatable bonds is 8. The van der Waals surface area contributed by atoms with Crippen molar-refractivity contribution in [2.75, 3.05) is 13.2 Å². The van der Waals surface area contributed by atoms with E-state index in [1.807, 2.05) is 19.9 Å². The van der Waals surface area contributed by atoms with Crippen LogP contribution in [0.5, 0.6) is 11.5 Å². The molecular weight excluding hydrogens is 370 g/mol. The number of hydrogen-bond acceptors (Lipinski definition) is 5. The number of aromatic amines is 1. The second-order valence-corrected chi connectivity index (χ2v) is 6.20. The summed E-state index contributed by atoms with van der Waals surface area (Å²) in [5, 5.41) is 4.50. The van der Waals surface area contributed by atoms with E-state index in [0.717, 1.165) is 10.2 Å². The van der Waals surface area contributed by atoms with Gasteiger partial charge in [0.2, 0.25) is 0 Å². The molecule has 0 atom stereocenters. The van der Waals surface area contributed by atoms with Gasteiger partial charge in [0.05, 0.1) is 30.3 Å². The monoisotopic (exact) mass is 393 g/mol. The molecule has 0 saturated carbocycles. The summed E-state index contributed by atoms with van der Waals surface area (Å²) in [5.74, 6) is 1.24. The van der Waals surface area contributed by atoms with E-state index in [9.17, 15) is 9.59 Å². The molecule has 1 heterocycles. The SMILES string of the molecule is C=CCc1cc(C=Nn2c(=O)[nH]c3ccccc3c2=O)cc(OCC)c1OCC. The number of nitrogens with zero attached hydrogens (tertiary/aromatic N) is 2. The highest BCUT2D eigenvalue weighted by Gasteiger charge is 2.13. The number of para-hydroxylation sites is 1. The molecule has 0 aliphatic rings. The molecule has 0 spiro atoms. The van der Waals surface area contributed by atoms with Gasteiger partial charge in [-0.25, -0.2) is 4.79 Å². The van der Waals surface area contributed by atoms with Crippen LogP contribution in [0.2, 0.25) is 0 Å². The van der Waals surface area contributed by atoms with Gasteiger partial charge in [0.15, 0.2) is 11.5 Å². The molecule has 1 aromatic heterocycles. The number of benzene rings is 2. The fraction of sp³-hybridized carbons (Fsp3) is 0.227. The molecule has 7 nitrogen and oxygen atoms in total. The zero-order valence-electron chi connectivity index (χ0n) is 16.5. The van der Waals surface area contributed by atoms with Crippen LogP contribution < -0.4 is 20.7 Å². The van der Waals surface area contributed by atoms with Gasteiger partial charge in [0, 0.05) is 5.56 Å². The molecule has 3 aromatic rings. The fourth-order valence-corrected chi connectivity index (χ4v) is 3.02. The Balaban J connectivity index is 2.09. The predicted octanol–water partition coefficient (Wildman–Crippen LogP) is 3.10. The highest BCUT2D eigenvalue weighted by molar-refractivity contribution is 5.82. The van der Waals surface area contributed by atoms with E-state index in [-0.39, 0.29) is 0 Å². The summed E-state index contributed by atoms with van der Waals surface area (Å²) in [6.07, 6.45) is 3.80. The third-order valence-corrected chi connectivity index (χ3v) is 4.21. The van der Waals surface area contributed by atoms with E-state index in [1.165, 1.54) is 6.21 Å². The van der Waals surface area contributed by atoms with Gasteiger partial charge in [-0.1, -0.05) is 18.2 Å². The Morgan fingerprint density at radius 3 is 2.62 bits per heavy atom. The maximum absolute atomic E-state index is 12.6. The van der Waals surface area contributed by atoms with Gasteiger partial charge >= 0.3 is 5.69 Å². The molecule has 0 radical (unpaired) electrons. The minimum atomic E-state index is -0.604. The Hall–Kier alpha value is -3.61. The van der Waals surface area contributed by atoms with Crippen molar-refractivity contribution in [3.8, 4) is 11.5 Å². The summed E-state index contributed by atoms with van der Waals surface area (Å²) in [6.45, 7) is 8.55. The maximum atomic E-state index is 12.6. The quantitative estimate of drug-likeness (QED) is 0.471. The van der Waals surface area contributed by atoms with Crippen molar-refractivity contribution in [2.45, 2.75) is 20.3 Å². The smallest absolute Gasteiger partial charge is 0.349 e. The molecule has 0 fully saturated rings. The van der Waals surface area contributed by atoms with E-state index in [4.69, 9.17) is 9.47 Å². The van der Waals surface area contributed by atoms with E-state index in [1.54, 1.807) is 36.4 Å². The molecule has 7 heteroatoms. The van der Waals surface area contributed by atoms with E-state index >= 15 is 0 Å². The Labute approximate surface area is 167 Å². The molecule has 0 saturated heterocycles. The van der Waals surface area contributed by atoms with Crippen molar-refractivity contribution in [2.24, 2.45) is 5.10 Å². The molecule has 2 aromatic carbocycles. The molecule has 3 rings (SSSR count). The average molecular weight is 393 g/mol. The summed E-state index contributed by atoms with van der Waals surface area (Å²) < 4.78 is 12.3. The predicted molar refractivity (Wildman–Crippen MR) is 115 cm³/mol. The van der Waals surface area contributed by atoms with Gasteiger partial charge < -0.3 is 14.5 Å². The lowest BCUT2D eigenvalue weighted by molar-refractivity contribution is 0.285. The Morgan fingerprint density at radius 2 is 1.90 bits per heavy atom. The summed E-state index contributed by atoms with van der Waals surface area (Å²) in [4.78, 5) is 27.6. The summed E-state index contributed by atoms with van der Waals surface area (Å²) in [5.41, 5.74) is 0.944. The molecule has 0 bridgehead atoms. The molecule has 0 unspecified atom stereocenters. The zero-order valence-corrected chi connectivity index (χ0v) is 16.5. The first-order chi connectivity index (χ1) is 14.1. The topological polar surface area (TPSA) is 85.7 Å². The van der Waals surface area contributed by atoms with Gasteiger partial charge in [-0.15, -0.1) is 11.3 Å². The first kappa shape index (κ1) is 20.1. The van der Waals surface area contributed by atoms with Crippen molar-refractivity contribution < 1.29 is 9.47 Å². The first-order valence-corrected chi connectivity index (χ1v) is 9.40. The van der Waals surface area contributed by atoms with Crippen LogP contribution in [0.25, 0.3) is 10.9 Å². The van der Waals surface area contributed by atoms with E-state index in [2.05, 4.69) is 16.7 Å². The molecule has 29 heavy (non-hydrogen) atoms. The second kappa shape index (κ2) is 9.05. The van der Waals surface area contributed by atoms with Crippen LogP contribution in [0.1, 0.15) is 25.0 Å². The van der Waals surface area contributed by atoms with Gasteiger partial charge in [-0.05, 0) is 50.1 Å². The zero-order chi connectivity index (χ0) is 20.8. The van der Waals surface area contributed by atoms with Crippen LogP contribution in [-0.4, -0.2) is 29.1 Å². The van der Waals surface area contributed by atoms with Crippen LogP contribution in [0.15, 0.2) is 63.7 Å². The normalized spacial score (nSPS) is 11.1. The van der Waals surface area contributed by atoms with Crippen molar-refractivity contribution in [1.82, 2.24) is 9.66 Å². The molecular formula is C22H23N3O4. The minimum Gasteiger partial charge on any atom is -0.490 e. The summed E-state index contributed by atoms with van der Waals surface area (Å²) in [7, 11) is 0. The Kier molecular flexibility index (Phi) is 6.29. The highest BCUT2D eigenvalue weighted by Crippen LogP contribution is 2.33. The van der Waals surface area contributed by atoms with Crippen LogP contribution in [0.4, 0.5) is 0 Å². The van der Waals surface area contributed by atoms with Crippen molar-refractivity contribution in [3.05, 3.63) is 81.0 Å². The number of hydrogen-bond donors (Lipinski definition) is 1. The summed E-state index contributed by atoms with van der Waals surface area (Å²) in [6, 6.07) is 10.4. The first-order valence-electron chi connectivity index (χ1n) is 9.40. The molecule has 1 N–H and O–H groups in total. The van der Waals surface area contributed by atoms with Gasteiger partial charge in [0.1, 0.15) is 0 Å². The third-order valence-electron chi connectivity index (χ3n) is 4.21. The molecule has 150 valence electrons. The lowest BCUT2D eigenvalue weighted by atomic mass is 10.1. The fourth-order valence-electron chi connectivity index (χ4n) is 3.02. The largest absolute Gasteiger partial charge is 0.490 e. The maximum Gasteiger partial charge on any atom is 0.349 e. The van der Waals surface area contributed by atoms with Crippen molar-refractivity contribution >= 4 is 17.1 Å². The molecule has 0 aliphatic heterocycles. The number of allylic oxidation sites excluding steroid dienone is 1.